The summed E-state index contributed by atoms with van der Waals surface area (Å²) >= 11 is 0. The first-order valence-electron chi connectivity index (χ1n) is 8.70. The van der Waals surface area contributed by atoms with Gasteiger partial charge in [0.1, 0.15) is 0 Å². The van der Waals surface area contributed by atoms with Crippen LogP contribution in [-0.2, 0) is 23.6 Å². The predicted octanol–water partition coefficient (Wildman–Crippen LogP) is 2.77. The fraction of sp³-hybridized carbons (Fsp3) is 0.200. The van der Waals surface area contributed by atoms with Gasteiger partial charge in [0.15, 0.2) is 0 Å². The molecule has 2 N–H and O–H groups in total. The number of anilines is 1. The van der Waals surface area contributed by atoms with Crippen LogP contribution in [0.25, 0.3) is 0 Å². The maximum Gasteiger partial charge on any atom is 0.261 e. The van der Waals surface area contributed by atoms with Crippen molar-refractivity contribution in [2.24, 2.45) is 7.05 Å². The van der Waals surface area contributed by atoms with Crippen LogP contribution >= 0.6 is 0 Å². The molecule has 1 heterocycles. The topological polar surface area (TPSA) is 93.1 Å². The zero-order valence-corrected chi connectivity index (χ0v) is 16.7. The minimum absolute atomic E-state index is 0.179. The Kier molecular flexibility index (Phi) is 5.51. The predicted molar refractivity (Wildman–Crippen MR) is 108 cm³/mol. The number of rotatable bonds is 6. The minimum atomic E-state index is -3.75. The maximum absolute atomic E-state index is 12.7. The largest absolute Gasteiger partial charge is 0.348 e. The summed E-state index contributed by atoms with van der Waals surface area (Å²) in [4.78, 5) is 12.6. The van der Waals surface area contributed by atoms with Crippen molar-refractivity contribution in [3.8, 4) is 0 Å². The molecule has 0 spiro atoms. The molecule has 2 aromatic carbocycles. The van der Waals surface area contributed by atoms with E-state index in [1.165, 1.54) is 6.07 Å². The van der Waals surface area contributed by atoms with E-state index >= 15 is 0 Å². The summed E-state index contributed by atoms with van der Waals surface area (Å²) in [6, 6.07) is 11.6. The molecule has 3 aromatic rings. The lowest BCUT2D eigenvalue weighted by atomic mass is 10.1. The van der Waals surface area contributed by atoms with Crippen molar-refractivity contribution in [3.05, 3.63) is 77.1 Å². The van der Waals surface area contributed by atoms with Crippen molar-refractivity contribution < 1.29 is 13.2 Å². The summed E-state index contributed by atoms with van der Waals surface area (Å²) in [7, 11) is -1.94. The molecular formula is C20H22N4O3S. The van der Waals surface area contributed by atoms with E-state index in [1.54, 1.807) is 55.2 Å². The molecule has 0 aliphatic carbocycles. The summed E-state index contributed by atoms with van der Waals surface area (Å²) in [5.41, 5.74) is 3.19. The Morgan fingerprint density at radius 2 is 1.93 bits per heavy atom. The number of hydrogen-bond acceptors (Lipinski definition) is 4. The van der Waals surface area contributed by atoms with Crippen molar-refractivity contribution in [3.63, 3.8) is 0 Å². The van der Waals surface area contributed by atoms with Crippen LogP contribution in [0.3, 0.4) is 0 Å². The van der Waals surface area contributed by atoms with Crippen LogP contribution in [0.2, 0.25) is 0 Å². The van der Waals surface area contributed by atoms with Gasteiger partial charge in [-0.2, -0.15) is 5.10 Å². The second kappa shape index (κ2) is 7.85. The van der Waals surface area contributed by atoms with Gasteiger partial charge in [-0.05, 0) is 49.2 Å². The first-order chi connectivity index (χ1) is 13.2. The lowest BCUT2D eigenvalue weighted by Gasteiger charge is -2.13. The first-order valence-corrected chi connectivity index (χ1v) is 10.2. The van der Waals surface area contributed by atoms with Crippen LogP contribution in [-0.4, -0.2) is 24.1 Å². The van der Waals surface area contributed by atoms with Crippen molar-refractivity contribution in [1.82, 2.24) is 15.1 Å². The number of amides is 1. The van der Waals surface area contributed by atoms with Gasteiger partial charge >= 0.3 is 0 Å². The van der Waals surface area contributed by atoms with Crippen LogP contribution in [0.15, 0.2) is 59.8 Å². The molecule has 0 saturated heterocycles. The number of carbonyl (C=O) groups excluding carboxylic acids is 1. The van der Waals surface area contributed by atoms with Gasteiger partial charge in [-0.1, -0.05) is 18.2 Å². The third kappa shape index (κ3) is 4.58. The molecule has 0 aliphatic heterocycles. The van der Waals surface area contributed by atoms with E-state index in [4.69, 9.17) is 0 Å². The van der Waals surface area contributed by atoms with Crippen LogP contribution in [0, 0.1) is 13.8 Å². The normalized spacial score (nSPS) is 11.2. The molecule has 0 bridgehead atoms. The fourth-order valence-electron chi connectivity index (χ4n) is 2.71. The molecule has 0 fully saturated rings. The van der Waals surface area contributed by atoms with Crippen LogP contribution in [0.1, 0.15) is 27.0 Å². The first kappa shape index (κ1) is 19.6. The molecule has 0 atom stereocenters. The highest BCUT2D eigenvalue weighted by Gasteiger charge is 2.17. The number of hydrogen-bond donors (Lipinski definition) is 2. The van der Waals surface area contributed by atoms with Gasteiger partial charge in [0.25, 0.3) is 15.9 Å². The minimum Gasteiger partial charge on any atom is -0.348 e. The molecule has 8 heteroatoms. The lowest BCUT2D eigenvalue weighted by Crippen LogP contribution is -2.23. The fourth-order valence-corrected chi connectivity index (χ4v) is 3.93. The Morgan fingerprint density at radius 3 is 2.61 bits per heavy atom. The highest BCUT2D eigenvalue weighted by atomic mass is 32.2. The van der Waals surface area contributed by atoms with Gasteiger partial charge < -0.3 is 5.32 Å². The van der Waals surface area contributed by atoms with E-state index in [0.717, 1.165) is 16.7 Å². The van der Waals surface area contributed by atoms with Crippen molar-refractivity contribution in [1.29, 1.82) is 0 Å². The summed E-state index contributed by atoms with van der Waals surface area (Å²) in [5, 5.41) is 6.86. The second-order valence-electron chi connectivity index (χ2n) is 6.66. The number of aromatic nitrogens is 2. The van der Waals surface area contributed by atoms with Crippen LogP contribution in [0.5, 0.6) is 0 Å². The molecule has 28 heavy (non-hydrogen) atoms. The Balaban J connectivity index is 1.78. The van der Waals surface area contributed by atoms with Crippen LogP contribution < -0.4 is 10.0 Å². The van der Waals surface area contributed by atoms with E-state index in [2.05, 4.69) is 15.1 Å². The molecule has 0 unspecified atom stereocenters. The van der Waals surface area contributed by atoms with Gasteiger partial charge in [0.2, 0.25) is 0 Å². The number of sulfonamides is 1. The average molecular weight is 398 g/mol. The summed E-state index contributed by atoms with van der Waals surface area (Å²) in [6.45, 7) is 3.95. The smallest absolute Gasteiger partial charge is 0.261 e. The molecule has 0 aliphatic rings. The van der Waals surface area contributed by atoms with E-state index in [-0.39, 0.29) is 10.8 Å². The van der Waals surface area contributed by atoms with Crippen LogP contribution in [0.4, 0.5) is 5.69 Å². The summed E-state index contributed by atoms with van der Waals surface area (Å²) < 4.78 is 29.6. The van der Waals surface area contributed by atoms with Crippen molar-refractivity contribution in [2.75, 3.05) is 4.72 Å². The summed E-state index contributed by atoms with van der Waals surface area (Å²) in [5.74, 6) is -0.292. The Bertz CT molecular complexity index is 1120. The van der Waals surface area contributed by atoms with E-state index in [1.807, 2.05) is 19.2 Å². The van der Waals surface area contributed by atoms with Gasteiger partial charge in [-0.3, -0.25) is 14.2 Å². The highest BCUT2D eigenvalue weighted by Crippen LogP contribution is 2.22. The maximum atomic E-state index is 12.7. The zero-order chi connectivity index (χ0) is 20.3. The average Bonchev–Trinajstić information content (AvgIpc) is 3.06. The SMILES string of the molecule is Cc1cccc(S(=O)(=O)Nc2cc(C(=O)NCc3cnn(C)c3)ccc2C)c1. The van der Waals surface area contributed by atoms with Crippen molar-refractivity contribution >= 4 is 21.6 Å². The molecule has 0 radical (unpaired) electrons. The van der Waals surface area contributed by atoms with Gasteiger partial charge in [-0.25, -0.2) is 8.42 Å². The molecule has 146 valence electrons. The van der Waals surface area contributed by atoms with E-state index < -0.39 is 10.0 Å². The molecule has 1 amide bonds. The lowest BCUT2D eigenvalue weighted by molar-refractivity contribution is 0.0951. The number of nitrogens with one attached hydrogen (secondary N) is 2. The Hall–Kier alpha value is -3.13. The molecule has 3 rings (SSSR count). The third-order valence-electron chi connectivity index (χ3n) is 4.26. The molecular weight excluding hydrogens is 376 g/mol. The number of benzene rings is 2. The van der Waals surface area contributed by atoms with E-state index in [0.29, 0.717) is 17.8 Å². The molecule has 7 nitrogen and oxygen atoms in total. The van der Waals surface area contributed by atoms with Gasteiger partial charge in [0, 0.05) is 30.9 Å². The Labute approximate surface area is 164 Å². The zero-order valence-electron chi connectivity index (χ0n) is 15.9. The number of nitrogens with zero attached hydrogens (tertiary/aromatic N) is 2. The van der Waals surface area contributed by atoms with Crippen molar-refractivity contribution in [2.45, 2.75) is 25.3 Å². The number of carbonyl (C=O) groups is 1. The molecule has 0 saturated carbocycles. The molecule has 1 aromatic heterocycles. The highest BCUT2D eigenvalue weighted by molar-refractivity contribution is 7.92. The third-order valence-corrected chi connectivity index (χ3v) is 5.62. The Morgan fingerprint density at radius 1 is 1.14 bits per heavy atom. The second-order valence-corrected chi connectivity index (χ2v) is 8.34. The van der Waals surface area contributed by atoms with Gasteiger partial charge in [-0.15, -0.1) is 0 Å². The summed E-state index contributed by atoms with van der Waals surface area (Å²) in [6.07, 6.45) is 3.49. The van der Waals surface area contributed by atoms with Gasteiger partial charge in [0.05, 0.1) is 16.8 Å². The number of aryl methyl sites for hydroxylation is 3. The standard InChI is InChI=1S/C20H22N4O3S/c1-14-5-4-6-18(9-14)28(26,27)23-19-10-17(8-7-15(19)2)20(25)21-11-16-12-22-24(3)13-16/h4-10,12-13,23H,11H2,1-3H3,(H,21,25). The quantitative estimate of drug-likeness (QED) is 0.668. The monoisotopic (exact) mass is 398 g/mol. The van der Waals surface area contributed by atoms with E-state index in [9.17, 15) is 13.2 Å².